The van der Waals surface area contributed by atoms with E-state index in [0.29, 0.717) is 0 Å². The van der Waals surface area contributed by atoms with E-state index in [9.17, 15) is 4.21 Å². The van der Waals surface area contributed by atoms with Gasteiger partial charge in [0.25, 0.3) is 0 Å². The molecule has 0 spiro atoms. The maximum Gasteiger partial charge on any atom is 0.126 e. The largest absolute Gasteiger partial charge is 0.373 e. The molecule has 4 nitrogen and oxygen atoms in total. The van der Waals surface area contributed by atoms with Crippen molar-refractivity contribution in [3.8, 4) is 0 Å². The molecule has 1 fully saturated rings. The first-order chi connectivity index (χ1) is 7.78. The van der Waals surface area contributed by atoms with Gasteiger partial charge in [-0.15, -0.1) is 0 Å². The first-order valence-corrected chi connectivity index (χ1v) is 6.98. The molecule has 1 aliphatic heterocycles. The van der Waals surface area contributed by atoms with Gasteiger partial charge >= 0.3 is 0 Å². The second kappa shape index (κ2) is 5.41. The summed E-state index contributed by atoms with van der Waals surface area (Å²) in [4.78, 5) is 6.78. The summed E-state index contributed by atoms with van der Waals surface area (Å²) in [6.45, 7) is 2.68. The Balaban J connectivity index is 1.95. The SMILES string of the molecule is CNc1cccc(CN2CCS(=O)CC2)n1. The number of rotatable bonds is 3. The molecule has 0 radical (unpaired) electrons. The predicted molar refractivity (Wildman–Crippen MR) is 66.9 cm³/mol. The van der Waals surface area contributed by atoms with Gasteiger partial charge in [0.05, 0.1) is 5.69 Å². The van der Waals surface area contributed by atoms with Crippen molar-refractivity contribution >= 4 is 16.6 Å². The van der Waals surface area contributed by atoms with E-state index in [1.165, 1.54) is 0 Å². The van der Waals surface area contributed by atoms with Crippen LogP contribution in [0.4, 0.5) is 5.82 Å². The third-order valence-electron chi connectivity index (χ3n) is 2.72. The molecule has 1 saturated heterocycles. The van der Waals surface area contributed by atoms with Crippen molar-refractivity contribution in [3.05, 3.63) is 23.9 Å². The highest BCUT2D eigenvalue weighted by atomic mass is 32.2. The van der Waals surface area contributed by atoms with Crippen LogP contribution in [0.2, 0.25) is 0 Å². The van der Waals surface area contributed by atoms with Gasteiger partial charge in [0.15, 0.2) is 0 Å². The number of aromatic nitrogens is 1. The average molecular weight is 239 g/mol. The van der Waals surface area contributed by atoms with Crippen LogP contribution in [0.3, 0.4) is 0 Å². The Morgan fingerprint density at radius 1 is 1.44 bits per heavy atom. The Bertz CT molecular complexity index is 373. The zero-order valence-electron chi connectivity index (χ0n) is 9.48. The summed E-state index contributed by atoms with van der Waals surface area (Å²) in [5.41, 5.74) is 1.07. The lowest BCUT2D eigenvalue weighted by molar-refractivity contribution is 0.288. The number of nitrogens with one attached hydrogen (secondary N) is 1. The van der Waals surface area contributed by atoms with Crippen LogP contribution < -0.4 is 5.32 Å². The molecule has 16 heavy (non-hydrogen) atoms. The third-order valence-corrected chi connectivity index (χ3v) is 3.99. The van der Waals surface area contributed by atoms with Crippen LogP contribution in [0.25, 0.3) is 0 Å². The normalized spacial score (nSPS) is 18.6. The molecule has 88 valence electrons. The first-order valence-electron chi connectivity index (χ1n) is 5.49. The lowest BCUT2D eigenvalue weighted by Crippen LogP contribution is -2.37. The second-order valence-electron chi connectivity index (χ2n) is 3.89. The minimum atomic E-state index is -0.599. The lowest BCUT2D eigenvalue weighted by Gasteiger charge is -2.25. The summed E-state index contributed by atoms with van der Waals surface area (Å²) >= 11 is 0. The monoisotopic (exact) mass is 239 g/mol. The predicted octanol–water partition coefficient (Wildman–Crippen LogP) is 0.688. The van der Waals surface area contributed by atoms with Crippen molar-refractivity contribution < 1.29 is 4.21 Å². The summed E-state index contributed by atoms with van der Waals surface area (Å²) in [6, 6.07) is 6.00. The fourth-order valence-corrected chi connectivity index (χ4v) is 2.90. The van der Waals surface area contributed by atoms with Gasteiger partial charge in [0.1, 0.15) is 5.82 Å². The molecule has 1 aliphatic rings. The van der Waals surface area contributed by atoms with E-state index in [1.807, 2.05) is 25.2 Å². The van der Waals surface area contributed by atoms with Gasteiger partial charge in [-0.1, -0.05) is 6.07 Å². The van der Waals surface area contributed by atoms with Crippen molar-refractivity contribution in [3.63, 3.8) is 0 Å². The van der Waals surface area contributed by atoms with Gasteiger partial charge in [-0.05, 0) is 12.1 Å². The maximum atomic E-state index is 11.2. The molecular formula is C11H17N3OS. The molecule has 0 aromatic carbocycles. The van der Waals surface area contributed by atoms with Gasteiger partial charge in [-0.2, -0.15) is 0 Å². The smallest absolute Gasteiger partial charge is 0.126 e. The van der Waals surface area contributed by atoms with E-state index in [0.717, 1.165) is 42.7 Å². The fraction of sp³-hybridized carbons (Fsp3) is 0.545. The number of hydrogen-bond acceptors (Lipinski definition) is 4. The van der Waals surface area contributed by atoms with E-state index in [2.05, 4.69) is 15.2 Å². The molecule has 1 N–H and O–H groups in total. The zero-order chi connectivity index (χ0) is 11.4. The van der Waals surface area contributed by atoms with Gasteiger partial charge in [0, 0.05) is 49.0 Å². The van der Waals surface area contributed by atoms with Crippen molar-refractivity contribution in [2.45, 2.75) is 6.54 Å². The van der Waals surface area contributed by atoms with Gasteiger partial charge in [-0.3, -0.25) is 9.11 Å². The fourth-order valence-electron chi connectivity index (χ4n) is 1.77. The zero-order valence-corrected chi connectivity index (χ0v) is 10.3. The Kier molecular flexibility index (Phi) is 3.90. The molecule has 0 saturated carbocycles. The van der Waals surface area contributed by atoms with E-state index in [4.69, 9.17) is 0 Å². The Morgan fingerprint density at radius 3 is 2.88 bits per heavy atom. The van der Waals surface area contributed by atoms with E-state index < -0.39 is 10.8 Å². The van der Waals surface area contributed by atoms with Gasteiger partial charge in [-0.25, -0.2) is 4.98 Å². The Labute approximate surface area is 98.5 Å². The van der Waals surface area contributed by atoms with Crippen LogP contribution in [0.1, 0.15) is 5.69 Å². The van der Waals surface area contributed by atoms with Crippen molar-refractivity contribution in [2.75, 3.05) is 37.0 Å². The van der Waals surface area contributed by atoms with Crippen molar-refractivity contribution in [1.82, 2.24) is 9.88 Å². The standard InChI is InChI=1S/C11H17N3OS/c1-12-11-4-2-3-10(13-11)9-14-5-7-16(15)8-6-14/h2-4H,5-9H2,1H3,(H,12,13). The quantitative estimate of drug-likeness (QED) is 0.843. The molecule has 0 amide bonds. The van der Waals surface area contributed by atoms with Crippen LogP contribution >= 0.6 is 0 Å². The van der Waals surface area contributed by atoms with Crippen LogP contribution in [-0.2, 0) is 17.3 Å². The number of anilines is 1. The van der Waals surface area contributed by atoms with E-state index in [-0.39, 0.29) is 0 Å². The molecule has 0 atom stereocenters. The first kappa shape index (κ1) is 11.5. The van der Waals surface area contributed by atoms with E-state index in [1.54, 1.807) is 0 Å². The average Bonchev–Trinajstić information content (AvgIpc) is 2.32. The Morgan fingerprint density at radius 2 is 2.19 bits per heavy atom. The van der Waals surface area contributed by atoms with Gasteiger partial charge < -0.3 is 5.32 Å². The third kappa shape index (κ3) is 3.02. The molecule has 0 unspecified atom stereocenters. The van der Waals surface area contributed by atoms with Crippen molar-refractivity contribution in [2.24, 2.45) is 0 Å². The van der Waals surface area contributed by atoms with Crippen LogP contribution in [0.15, 0.2) is 18.2 Å². The highest BCUT2D eigenvalue weighted by Crippen LogP contribution is 2.09. The summed E-state index contributed by atoms with van der Waals surface area (Å²) < 4.78 is 11.2. The summed E-state index contributed by atoms with van der Waals surface area (Å²) in [5.74, 6) is 2.50. The van der Waals surface area contributed by atoms with E-state index >= 15 is 0 Å². The van der Waals surface area contributed by atoms with Gasteiger partial charge in [0.2, 0.25) is 0 Å². The van der Waals surface area contributed by atoms with Crippen LogP contribution in [0, 0.1) is 0 Å². The molecule has 1 aromatic heterocycles. The lowest BCUT2D eigenvalue weighted by atomic mass is 10.3. The molecule has 0 aliphatic carbocycles. The van der Waals surface area contributed by atoms with Crippen molar-refractivity contribution in [1.29, 1.82) is 0 Å². The summed E-state index contributed by atoms with van der Waals surface area (Å²) in [5, 5.41) is 3.03. The van der Waals surface area contributed by atoms with Crippen LogP contribution in [0.5, 0.6) is 0 Å². The number of hydrogen-bond donors (Lipinski definition) is 1. The maximum absolute atomic E-state index is 11.2. The highest BCUT2D eigenvalue weighted by Gasteiger charge is 2.15. The minimum absolute atomic E-state index is 0.599. The number of pyridine rings is 1. The number of nitrogens with zero attached hydrogens (tertiary/aromatic N) is 2. The summed E-state index contributed by atoms with van der Waals surface area (Å²) in [7, 11) is 1.27. The minimum Gasteiger partial charge on any atom is -0.373 e. The second-order valence-corrected chi connectivity index (χ2v) is 5.58. The molecule has 2 heterocycles. The molecular weight excluding hydrogens is 222 g/mol. The molecule has 2 rings (SSSR count). The molecule has 0 bridgehead atoms. The highest BCUT2D eigenvalue weighted by molar-refractivity contribution is 7.85. The topological polar surface area (TPSA) is 45.2 Å². The molecule has 5 heteroatoms. The Hall–Kier alpha value is -0.940. The molecule has 1 aromatic rings. The van der Waals surface area contributed by atoms with Crippen LogP contribution in [-0.4, -0.2) is 45.7 Å². The summed E-state index contributed by atoms with van der Waals surface area (Å²) in [6.07, 6.45) is 0.